The second kappa shape index (κ2) is 3.17. The van der Waals surface area contributed by atoms with E-state index in [1.54, 1.807) is 6.20 Å². The molecule has 1 unspecified atom stereocenters. The molecule has 0 spiro atoms. The van der Waals surface area contributed by atoms with Crippen LogP contribution in [-0.4, -0.2) is 24.6 Å². The molecule has 0 radical (unpaired) electrons. The lowest BCUT2D eigenvalue weighted by Crippen LogP contribution is -2.09. The molecule has 1 aliphatic carbocycles. The third-order valence-electron chi connectivity index (χ3n) is 2.37. The molecule has 0 aromatic carbocycles. The summed E-state index contributed by atoms with van der Waals surface area (Å²) < 4.78 is 22.8. The van der Waals surface area contributed by atoms with Gasteiger partial charge in [-0.05, 0) is 30.0 Å². The zero-order valence-corrected chi connectivity index (χ0v) is 9.14. The van der Waals surface area contributed by atoms with Crippen molar-refractivity contribution in [2.75, 3.05) is 6.26 Å². The number of aryl methyl sites for hydroxylation is 1. The summed E-state index contributed by atoms with van der Waals surface area (Å²) in [6.45, 7) is 0. The van der Waals surface area contributed by atoms with E-state index in [1.807, 2.05) is 0 Å². The van der Waals surface area contributed by atoms with E-state index >= 15 is 0 Å². The third-order valence-corrected chi connectivity index (χ3v) is 4.04. The van der Waals surface area contributed by atoms with Crippen molar-refractivity contribution in [3.05, 3.63) is 22.7 Å². The van der Waals surface area contributed by atoms with Gasteiger partial charge in [-0.15, -0.1) is 0 Å². The summed E-state index contributed by atoms with van der Waals surface area (Å²) in [5.41, 5.74) is 1.47. The standard InChI is InChI=1S/C8H9ClN2O2S/c1-14(12,13)6-3-2-5-4-10-8(9)11-7(5)6/h4,6H,2-3H2,1H3. The zero-order chi connectivity index (χ0) is 10.3. The van der Waals surface area contributed by atoms with Crippen LogP contribution in [0.1, 0.15) is 22.9 Å². The Balaban J connectivity index is 2.54. The summed E-state index contributed by atoms with van der Waals surface area (Å²) in [6.07, 6.45) is 4.13. The Morgan fingerprint density at radius 2 is 2.29 bits per heavy atom. The smallest absolute Gasteiger partial charge is 0.222 e. The lowest BCUT2D eigenvalue weighted by Gasteiger charge is -2.07. The van der Waals surface area contributed by atoms with Crippen molar-refractivity contribution in [1.29, 1.82) is 0 Å². The average Bonchev–Trinajstić information content (AvgIpc) is 2.45. The van der Waals surface area contributed by atoms with Gasteiger partial charge < -0.3 is 0 Å². The Kier molecular flexibility index (Phi) is 2.23. The van der Waals surface area contributed by atoms with Crippen molar-refractivity contribution >= 4 is 21.4 Å². The molecule has 0 saturated heterocycles. The first-order valence-electron chi connectivity index (χ1n) is 4.18. The fourth-order valence-electron chi connectivity index (χ4n) is 1.71. The first-order valence-corrected chi connectivity index (χ1v) is 6.52. The maximum atomic E-state index is 11.4. The van der Waals surface area contributed by atoms with Gasteiger partial charge in [0, 0.05) is 12.5 Å². The van der Waals surface area contributed by atoms with E-state index in [0.29, 0.717) is 18.5 Å². The van der Waals surface area contributed by atoms with E-state index in [2.05, 4.69) is 9.97 Å². The van der Waals surface area contributed by atoms with Crippen LogP contribution in [0, 0.1) is 0 Å². The van der Waals surface area contributed by atoms with Crippen LogP contribution < -0.4 is 0 Å². The highest BCUT2D eigenvalue weighted by atomic mass is 35.5. The molecule has 1 aliphatic rings. The minimum atomic E-state index is -3.08. The largest absolute Gasteiger partial charge is 0.228 e. The second-order valence-corrected chi connectivity index (χ2v) is 5.97. The number of fused-ring (bicyclic) bond motifs is 1. The Bertz CT molecular complexity index is 472. The van der Waals surface area contributed by atoms with E-state index in [0.717, 1.165) is 5.56 Å². The SMILES string of the molecule is CS(=O)(=O)C1CCc2cnc(Cl)nc21. The molecule has 6 heteroatoms. The lowest BCUT2D eigenvalue weighted by atomic mass is 10.3. The van der Waals surface area contributed by atoms with Crippen LogP contribution in [0.15, 0.2) is 6.20 Å². The quantitative estimate of drug-likeness (QED) is 0.682. The molecule has 0 amide bonds. The molecule has 1 atom stereocenters. The lowest BCUT2D eigenvalue weighted by molar-refractivity contribution is 0.585. The number of hydrogen-bond donors (Lipinski definition) is 0. The van der Waals surface area contributed by atoms with Gasteiger partial charge in [0.25, 0.3) is 0 Å². The molecule has 0 N–H and O–H groups in total. The summed E-state index contributed by atoms with van der Waals surface area (Å²) in [7, 11) is -3.08. The normalized spacial score (nSPS) is 20.9. The molecular formula is C8H9ClN2O2S. The summed E-state index contributed by atoms with van der Waals surface area (Å²) in [4.78, 5) is 7.80. The van der Waals surface area contributed by atoms with Crippen molar-refractivity contribution in [3.63, 3.8) is 0 Å². The van der Waals surface area contributed by atoms with Gasteiger partial charge in [-0.25, -0.2) is 18.4 Å². The topological polar surface area (TPSA) is 59.9 Å². The Hall–Kier alpha value is -0.680. The molecule has 1 heterocycles. The number of sulfone groups is 1. The molecule has 4 nitrogen and oxygen atoms in total. The number of hydrogen-bond acceptors (Lipinski definition) is 4. The monoisotopic (exact) mass is 232 g/mol. The zero-order valence-electron chi connectivity index (χ0n) is 7.57. The van der Waals surface area contributed by atoms with Crippen LogP contribution in [0.4, 0.5) is 0 Å². The van der Waals surface area contributed by atoms with Gasteiger partial charge >= 0.3 is 0 Å². The molecular weight excluding hydrogens is 224 g/mol. The highest BCUT2D eigenvalue weighted by Gasteiger charge is 2.32. The van der Waals surface area contributed by atoms with E-state index in [4.69, 9.17) is 11.6 Å². The molecule has 14 heavy (non-hydrogen) atoms. The van der Waals surface area contributed by atoms with Crippen LogP contribution in [0.5, 0.6) is 0 Å². The van der Waals surface area contributed by atoms with Gasteiger partial charge in [-0.3, -0.25) is 0 Å². The summed E-state index contributed by atoms with van der Waals surface area (Å²) >= 11 is 5.62. The van der Waals surface area contributed by atoms with Crippen molar-refractivity contribution in [2.24, 2.45) is 0 Å². The summed E-state index contributed by atoms with van der Waals surface area (Å²) in [5, 5.41) is -0.391. The van der Waals surface area contributed by atoms with Crippen LogP contribution in [0.3, 0.4) is 0 Å². The third kappa shape index (κ3) is 1.62. The van der Waals surface area contributed by atoms with E-state index in [9.17, 15) is 8.42 Å². The van der Waals surface area contributed by atoms with Crippen LogP contribution in [0.2, 0.25) is 5.28 Å². The Labute approximate surface area is 87.3 Å². The fourth-order valence-corrected chi connectivity index (χ4v) is 3.00. The molecule has 1 aromatic rings. The molecule has 2 rings (SSSR count). The van der Waals surface area contributed by atoms with E-state index in [1.165, 1.54) is 6.26 Å². The average molecular weight is 233 g/mol. The van der Waals surface area contributed by atoms with Gasteiger partial charge in [0.1, 0.15) is 5.25 Å². The molecule has 0 bridgehead atoms. The number of aromatic nitrogens is 2. The Morgan fingerprint density at radius 3 is 2.93 bits per heavy atom. The van der Waals surface area contributed by atoms with Crippen LogP contribution >= 0.6 is 11.6 Å². The summed E-state index contributed by atoms with van der Waals surface area (Å²) in [5.74, 6) is 0. The van der Waals surface area contributed by atoms with Crippen molar-refractivity contribution in [1.82, 2.24) is 9.97 Å². The Morgan fingerprint density at radius 1 is 1.57 bits per heavy atom. The second-order valence-electron chi connectivity index (χ2n) is 3.41. The maximum absolute atomic E-state index is 11.4. The van der Waals surface area contributed by atoms with Gasteiger partial charge in [0.2, 0.25) is 5.28 Å². The van der Waals surface area contributed by atoms with Crippen molar-refractivity contribution in [2.45, 2.75) is 18.1 Å². The fraction of sp³-hybridized carbons (Fsp3) is 0.500. The minimum Gasteiger partial charge on any atom is -0.228 e. The maximum Gasteiger partial charge on any atom is 0.222 e. The highest BCUT2D eigenvalue weighted by molar-refractivity contribution is 7.90. The van der Waals surface area contributed by atoms with Gasteiger partial charge in [-0.1, -0.05) is 0 Å². The first kappa shape index (κ1) is 9.86. The van der Waals surface area contributed by atoms with E-state index < -0.39 is 15.1 Å². The molecule has 0 saturated carbocycles. The molecule has 0 fully saturated rings. The van der Waals surface area contributed by atoms with Crippen molar-refractivity contribution < 1.29 is 8.42 Å². The van der Waals surface area contributed by atoms with Gasteiger partial charge in [0.15, 0.2) is 9.84 Å². The van der Waals surface area contributed by atoms with Crippen molar-refractivity contribution in [3.8, 4) is 0 Å². The predicted octanol–water partition coefficient (Wildman–Crippen LogP) is 1.16. The predicted molar refractivity (Wildman–Crippen MR) is 52.9 cm³/mol. The summed E-state index contributed by atoms with van der Waals surface area (Å²) in [6, 6.07) is 0. The first-order chi connectivity index (χ1) is 6.48. The van der Waals surface area contributed by atoms with Gasteiger partial charge in [0.05, 0.1) is 5.69 Å². The van der Waals surface area contributed by atoms with Crippen LogP contribution in [-0.2, 0) is 16.3 Å². The number of nitrogens with zero attached hydrogens (tertiary/aromatic N) is 2. The number of halogens is 1. The molecule has 1 aromatic heterocycles. The highest BCUT2D eigenvalue weighted by Crippen LogP contribution is 2.35. The van der Waals surface area contributed by atoms with Gasteiger partial charge in [-0.2, -0.15) is 0 Å². The van der Waals surface area contributed by atoms with E-state index in [-0.39, 0.29) is 5.28 Å². The number of rotatable bonds is 1. The molecule has 76 valence electrons. The van der Waals surface area contributed by atoms with Crippen LogP contribution in [0.25, 0.3) is 0 Å². The molecule has 0 aliphatic heterocycles. The minimum absolute atomic E-state index is 0.110.